The second-order valence-corrected chi connectivity index (χ2v) is 6.12. The lowest BCUT2D eigenvalue weighted by Crippen LogP contribution is -2.39. The summed E-state index contributed by atoms with van der Waals surface area (Å²) in [7, 11) is 0. The highest BCUT2D eigenvalue weighted by Crippen LogP contribution is 2.29. The van der Waals surface area contributed by atoms with Gasteiger partial charge in [0.15, 0.2) is 0 Å². The molecule has 3 amide bonds. The summed E-state index contributed by atoms with van der Waals surface area (Å²) in [6, 6.07) is 17.5. The van der Waals surface area contributed by atoms with E-state index in [4.69, 9.17) is 0 Å². The molecule has 4 nitrogen and oxygen atoms in total. The second kappa shape index (κ2) is 5.54. The number of carbonyl (C=O) groups excluding carboxylic acids is 2. The Kier molecular flexibility index (Phi) is 3.37. The fourth-order valence-corrected chi connectivity index (χ4v) is 3.47. The summed E-state index contributed by atoms with van der Waals surface area (Å²) >= 11 is 0. The summed E-state index contributed by atoms with van der Waals surface area (Å²) in [5, 5.41) is 0. The molecule has 116 valence electrons. The van der Waals surface area contributed by atoms with Gasteiger partial charge in [-0.05, 0) is 23.1 Å². The number of benzene rings is 2. The van der Waals surface area contributed by atoms with Crippen LogP contribution in [-0.4, -0.2) is 34.3 Å². The molecule has 2 aromatic carbocycles. The van der Waals surface area contributed by atoms with Crippen LogP contribution in [0.5, 0.6) is 0 Å². The summed E-state index contributed by atoms with van der Waals surface area (Å²) in [4.78, 5) is 28.4. The number of amides is 3. The normalized spacial score (nSPS) is 19.7. The van der Waals surface area contributed by atoms with Gasteiger partial charge in [-0.1, -0.05) is 54.6 Å². The molecule has 1 saturated heterocycles. The van der Waals surface area contributed by atoms with Gasteiger partial charge in [-0.2, -0.15) is 0 Å². The van der Waals surface area contributed by atoms with Crippen molar-refractivity contribution in [3.8, 4) is 0 Å². The number of imide groups is 1. The van der Waals surface area contributed by atoms with Crippen molar-refractivity contribution >= 4 is 11.9 Å². The molecule has 2 aliphatic heterocycles. The zero-order valence-electron chi connectivity index (χ0n) is 12.8. The summed E-state index contributed by atoms with van der Waals surface area (Å²) in [5.41, 5.74) is 3.47. The third-order valence-corrected chi connectivity index (χ3v) is 4.74. The van der Waals surface area contributed by atoms with Gasteiger partial charge >= 0.3 is 6.03 Å². The molecular formula is C19H18N2O2. The predicted octanol–water partition coefficient (Wildman–Crippen LogP) is 2.62. The van der Waals surface area contributed by atoms with Crippen LogP contribution in [0.2, 0.25) is 0 Å². The molecule has 0 radical (unpaired) electrons. The van der Waals surface area contributed by atoms with E-state index in [0.717, 1.165) is 11.1 Å². The zero-order valence-corrected chi connectivity index (χ0v) is 12.8. The van der Waals surface area contributed by atoms with Gasteiger partial charge in [-0.3, -0.25) is 9.69 Å². The van der Waals surface area contributed by atoms with Crippen LogP contribution in [0, 0.1) is 0 Å². The molecule has 0 aliphatic carbocycles. The lowest BCUT2D eigenvalue weighted by molar-refractivity contribution is -0.128. The molecule has 2 heterocycles. The Morgan fingerprint density at radius 3 is 2.39 bits per heavy atom. The average molecular weight is 306 g/mol. The monoisotopic (exact) mass is 306 g/mol. The van der Waals surface area contributed by atoms with Gasteiger partial charge in [-0.15, -0.1) is 0 Å². The SMILES string of the molecule is O=C1C2Cc3ccccc3CN2C(=O)N1CCc1ccccc1. The summed E-state index contributed by atoms with van der Waals surface area (Å²) in [6.45, 7) is 0.984. The molecule has 0 aromatic heterocycles. The topological polar surface area (TPSA) is 40.6 Å². The van der Waals surface area contributed by atoms with E-state index in [0.29, 0.717) is 25.9 Å². The van der Waals surface area contributed by atoms with Gasteiger partial charge in [0.05, 0.1) is 0 Å². The Morgan fingerprint density at radius 1 is 0.913 bits per heavy atom. The predicted molar refractivity (Wildman–Crippen MR) is 86.7 cm³/mol. The summed E-state index contributed by atoms with van der Waals surface area (Å²) in [5.74, 6) is -0.0552. The van der Waals surface area contributed by atoms with Gasteiger partial charge in [0.25, 0.3) is 5.91 Å². The van der Waals surface area contributed by atoms with E-state index in [9.17, 15) is 9.59 Å². The highest BCUT2D eigenvalue weighted by atomic mass is 16.2. The third-order valence-electron chi connectivity index (χ3n) is 4.74. The number of carbonyl (C=O) groups is 2. The Hall–Kier alpha value is -2.62. The molecule has 4 rings (SSSR count). The van der Waals surface area contributed by atoms with Crippen molar-refractivity contribution in [3.05, 3.63) is 71.3 Å². The standard InChI is InChI=1S/C19H18N2O2/c22-18-17-12-15-8-4-5-9-16(15)13-21(17)19(23)20(18)11-10-14-6-2-1-3-7-14/h1-9,17H,10-13H2. The van der Waals surface area contributed by atoms with Crippen LogP contribution in [0.3, 0.4) is 0 Å². The molecule has 2 aromatic rings. The first-order chi connectivity index (χ1) is 11.2. The maximum atomic E-state index is 12.6. The minimum atomic E-state index is -0.326. The molecule has 23 heavy (non-hydrogen) atoms. The van der Waals surface area contributed by atoms with Crippen LogP contribution in [0.1, 0.15) is 16.7 Å². The Morgan fingerprint density at radius 2 is 1.61 bits per heavy atom. The van der Waals surface area contributed by atoms with Crippen LogP contribution in [0.4, 0.5) is 4.79 Å². The lowest BCUT2D eigenvalue weighted by Gasteiger charge is -2.28. The van der Waals surface area contributed by atoms with Crippen LogP contribution in [0.15, 0.2) is 54.6 Å². The first-order valence-corrected chi connectivity index (χ1v) is 7.97. The van der Waals surface area contributed by atoms with E-state index < -0.39 is 0 Å². The molecule has 1 unspecified atom stereocenters. The first-order valence-electron chi connectivity index (χ1n) is 7.97. The Labute approximate surface area is 135 Å². The number of fused-ring (bicyclic) bond motifs is 2. The molecule has 4 heteroatoms. The van der Waals surface area contributed by atoms with E-state index in [1.807, 2.05) is 48.5 Å². The number of rotatable bonds is 3. The van der Waals surface area contributed by atoms with Crippen LogP contribution < -0.4 is 0 Å². The van der Waals surface area contributed by atoms with Crippen molar-refractivity contribution < 1.29 is 9.59 Å². The lowest BCUT2D eigenvalue weighted by atomic mass is 9.95. The minimum absolute atomic E-state index is 0.0552. The first kappa shape index (κ1) is 14.0. The average Bonchev–Trinajstić information content (AvgIpc) is 2.83. The Balaban J connectivity index is 1.52. The molecular weight excluding hydrogens is 288 g/mol. The smallest absolute Gasteiger partial charge is 0.308 e. The third kappa shape index (κ3) is 2.40. The molecule has 0 bridgehead atoms. The van der Waals surface area contributed by atoms with Crippen LogP contribution in [-0.2, 0) is 24.2 Å². The summed E-state index contributed by atoms with van der Waals surface area (Å²) < 4.78 is 0. The van der Waals surface area contributed by atoms with Gasteiger partial charge in [0.1, 0.15) is 6.04 Å². The van der Waals surface area contributed by atoms with E-state index in [1.165, 1.54) is 10.5 Å². The van der Waals surface area contributed by atoms with Crippen molar-refractivity contribution in [1.29, 1.82) is 0 Å². The fraction of sp³-hybridized carbons (Fsp3) is 0.263. The summed E-state index contributed by atoms with van der Waals surface area (Å²) in [6.07, 6.45) is 1.33. The van der Waals surface area contributed by atoms with E-state index in [-0.39, 0.29) is 18.0 Å². The van der Waals surface area contributed by atoms with Crippen molar-refractivity contribution in [3.63, 3.8) is 0 Å². The number of hydrogen-bond acceptors (Lipinski definition) is 2. The van der Waals surface area contributed by atoms with E-state index in [2.05, 4.69) is 6.07 Å². The van der Waals surface area contributed by atoms with Crippen molar-refractivity contribution in [2.75, 3.05) is 6.54 Å². The highest BCUT2D eigenvalue weighted by Gasteiger charge is 2.46. The highest BCUT2D eigenvalue weighted by molar-refractivity contribution is 6.04. The minimum Gasteiger partial charge on any atom is -0.308 e. The number of nitrogens with zero attached hydrogens (tertiary/aromatic N) is 2. The van der Waals surface area contributed by atoms with Crippen molar-refractivity contribution in [2.45, 2.75) is 25.4 Å². The van der Waals surface area contributed by atoms with Gasteiger partial charge in [0, 0.05) is 19.5 Å². The van der Waals surface area contributed by atoms with Crippen molar-refractivity contribution in [1.82, 2.24) is 9.80 Å². The second-order valence-electron chi connectivity index (χ2n) is 6.12. The molecule has 2 aliphatic rings. The quantitative estimate of drug-likeness (QED) is 0.818. The molecule has 1 fully saturated rings. The van der Waals surface area contributed by atoms with Gasteiger partial charge in [0.2, 0.25) is 0 Å². The van der Waals surface area contributed by atoms with Crippen LogP contribution in [0.25, 0.3) is 0 Å². The molecule has 0 spiro atoms. The van der Waals surface area contributed by atoms with Gasteiger partial charge in [-0.25, -0.2) is 4.79 Å². The molecule has 0 saturated carbocycles. The maximum absolute atomic E-state index is 12.6. The fourth-order valence-electron chi connectivity index (χ4n) is 3.47. The zero-order chi connectivity index (χ0) is 15.8. The van der Waals surface area contributed by atoms with E-state index in [1.54, 1.807) is 4.90 Å². The maximum Gasteiger partial charge on any atom is 0.327 e. The number of hydrogen-bond donors (Lipinski definition) is 0. The van der Waals surface area contributed by atoms with E-state index >= 15 is 0 Å². The molecule has 0 N–H and O–H groups in total. The van der Waals surface area contributed by atoms with Gasteiger partial charge < -0.3 is 4.90 Å². The number of urea groups is 1. The molecule has 1 atom stereocenters. The van der Waals surface area contributed by atoms with Crippen LogP contribution >= 0.6 is 0 Å². The van der Waals surface area contributed by atoms with Crippen molar-refractivity contribution in [2.24, 2.45) is 0 Å². The largest absolute Gasteiger partial charge is 0.327 e. The Bertz CT molecular complexity index is 714.